The van der Waals surface area contributed by atoms with E-state index in [2.05, 4.69) is 6.58 Å². The monoisotopic (exact) mass is 209 g/mol. The molecule has 0 atom stereocenters. The van der Waals surface area contributed by atoms with Gasteiger partial charge in [0.25, 0.3) is 5.56 Å². The van der Waals surface area contributed by atoms with Gasteiger partial charge in [0.05, 0.1) is 0 Å². The third-order valence-electron chi connectivity index (χ3n) is 1.65. The molecule has 5 nitrogen and oxygen atoms in total. The predicted molar refractivity (Wildman–Crippen MR) is 54.0 cm³/mol. The number of carboxylic acids is 1. The van der Waals surface area contributed by atoms with E-state index in [-0.39, 0.29) is 18.9 Å². The fourth-order valence-corrected chi connectivity index (χ4v) is 1.04. The van der Waals surface area contributed by atoms with Crippen LogP contribution in [0.1, 0.15) is 0 Å². The molecule has 80 valence electrons. The second-order valence-corrected chi connectivity index (χ2v) is 2.80. The summed E-state index contributed by atoms with van der Waals surface area (Å²) in [6.45, 7) is 3.29. The van der Waals surface area contributed by atoms with Crippen LogP contribution in [0.2, 0.25) is 0 Å². The fourth-order valence-electron chi connectivity index (χ4n) is 1.04. The van der Waals surface area contributed by atoms with Gasteiger partial charge in [0.15, 0.2) is 5.75 Å². The Bertz CT molecular complexity index is 422. The van der Waals surface area contributed by atoms with Gasteiger partial charge in [-0.1, -0.05) is 12.7 Å². The minimum Gasteiger partial charge on any atom is -0.484 e. The van der Waals surface area contributed by atoms with E-state index < -0.39 is 11.5 Å². The van der Waals surface area contributed by atoms with Crippen molar-refractivity contribution in [1.29, 1.82) is 0 Å². The van der Waals surface area contributed by atoms with Crippen molar-refractivity contribution in [3.8, 4) is 5.75 Å². The van der Waals surface area contributed by atoms with Gasteiger partial charge in [-0.15, -0.1) is 0 Å². The number of rotatable bonds is 5. The molecule has 15 heavy (non-hydrogen) atoms. The number of hydrogen-bond acceptors (Lipinski definition) is 3. The van der Waals surface area contributed by atoms with Crippen LogP contribution in [0, 0.1) is 0 Å². The normalized spacial score (nSPS) is 9.60. The Labute approximate surface area is 86.2 Å². The van der Waals surface area contributed by atoms with Gasteiger partial charge in [0, 0.05) is 6.20 Å². The number of ether oxygens (including phenoxy) is 1. The average molecular weight is 209 g/mol. The van der Waals surface area contributed by atoms with Crippen molar-refractivity contribution in [3.05, 3.63) is 41.3 Å². The molecule has 1 heterocycles. The summed E-state index contributed by atoms with van der Waals surface area (Å²) in [5.74, 6) is -0.948. The van der Waals surface area contributed by atoms with Crippen molar-refractivity contribution in [2.24, 2.45) is 0 Å². The van der Waals surface area contributed by atoms with Crippen LogP contribution in [0.5, 0.6) is 5.75 Å². The minimum absolute atomic E-state index is 0.124. The number of pyridine rings is 1. The molecule has 0 aliphatic rings. The maximum Gasteiger partial charge on any atom is 0.323 e. The maximum absolute atomic E-state index is 11.6. The standard InChI is InChI=1S/C10H11NO4/c1-2-6-15-8-4-3-5-11(10(8)14)7-9(12)13/h2-5H,1,6-7H2,(H,12,13). The summed E-state index contributed by atoms with van der Waals surface area (Å²) < 4.78 is 6.13. The van der Waals surface area contributed by atoms with Crippen LogP contribution in [0.4, 0.5) is 0 Å². The van der Waals surface area contributed by atoms with Crippen LogP contribution < -0.4 is 10.3 Å². The van der Waals surface area contributed by atoms with Crippen molar-refractivity contribution in [2.45, 2.75) is 6.54 Å². The highest BCUT2D eigenvalue weighted by molar-refractivity contribution is 5.66. The zero-order valence-electron chi connectivity index (χ0n) is 8.05. The maximum atomic E-state index is 11.6. The molecule has 0 saturated carbocycles. The second-order valence-electron chi connectivity index (χ2n) is 2.80. The van der Waals surface area contributed by atoms with Gasteiger partial charge in [0.1, 0.15) is 13.2 Å². The predicted octanol–water partition coefficient (Wildman–Crippen LogP) is 0.498. The Morgan fingerprint density at radius 2 is 2.40 bits per heavy atom. The lowest BCUT2D eigenvalue weighted by Crippen LogP contribution is -2.24. The molecule has 0 aromatic carbocycles. The van der Waals surface area contributed by atoms with E-state index in [1.807, 2.05) is 0 Å². The minimum atomic E-state index is -1.07. The average Bonchev–Trinajstić information content (AvgIpc) is 2.19. The van der Waals surface area contributed by atoms with Crippen molar-refractivity contribution in [3.63, 3.8) is 0 Å². The number of carbonyl (C=O) groups is 1. The van der Waals surface area contributed by atoms with Gasteiger partial charge in [-0.05, 0) is 12.1 Å². The lowest BCUT2D eigenvalue weighted by molar-refractivity contribution is -0.137. The van der Waals surface area contributed by atoms with Gasteiger partial charge >= 0.3 is 5.97 Å². The summed E-state index contributed by atoms with van der Waals surface area (Å²) in [6, 6.07) is 3.05. The Morgan fingerprint density at radius 3 is 3.00 bits per heavy atom. The third kappa shape index (κ3) is 2.98. The summed E-state index contributed by atoms with van der Waals surface area (Å²) in [7, 11) is 0. The first-order chi connectivity index (χ1) is 7.15. The molecule has 0 bridgehead atoms. The van der Waals surface area contributed by atoms with Crippen LogP contribution in [0.15, 0.2) is 35.8 Å². The van der Waals surface area contributed by atoms with E-state index >= 15 is 0 Å². The zero-order chi connectivity index (χ0) is 11.3. The number of carboxylic acid groups (broad SMARTS) is 1. The molecule has 1 aromatic rings. The number of aromatic nitrogens is 1. The molecule has 0 spiro atoms. The first-order valence-electron chi connectivity index (χ1n) is 4.30. The van der Waals surface area contributed by atoms with Gasteiger partial charge in [-0.2, -0.15) is 0 Å². The van der Waals surface area contributed by atoms with Crippen molar-refractivity contribution < 1.29 is 14.6 Å². The molecule has 0 saturated heterocycles. The van der Waals surface area contributed by atoms with Crippen LogP contribution in [0.25, 0.3) is 0 Å². The van der Waals surface area contributed by atoms with Crippen LogP contribution in [-0.2, 0) is 11.3 Å². The van der Waals surface area contributed by atoms with Crippen molar-refractivity contribution in [2.75, 3.05) is 6.61 Å². The lowest BCUT2D eigenvalue weighted by atomic mass is 10.4. The highest BCUT2D eigenvalue weighted by Crippen LogP contribution is 2.01. The number of nitrogens with zero attached hydrogens (tertiary/aromatic N) is 1. The smallest absolute Gasteiger partial charge is 0.323 e. The molecule has 0 aliphatic heterocycles. The molecule has 0 amide bonds. The summed E-state index contributed by atoms with van der Waals surface area (Å²) >= 11 is 0. The highest BCUT2D eigenvalue weighted by Gasteiger charge is 2.05. The number of hydrogen-bond donors (Lipinski definition) is 1. The van der Waals surface area contributed by atoms with Crippen molar-refractivity contribution >= 4 is 5.97 Å². The topological polar surface area (TPSA) is 68.5 Å². The molecule has 5 heteroatoms. The largest absolute Gasteiger partial charge is 0.484 e. The van der Waals surface area contributed by atoms with E-state index in [1.54, 1.807) is 6.07 Å². The number of aliphatic carboxylic acids is 1. The molecule has 1 N–H and O–H groups in total. The van der Waals surface area contributed by atoms with Gasteiger partial charge in [-0.25, -0.2) is 0 Å². The lowest BCUT2D eigenvalue weighted by Gasteiger charge is -2.05. The fraction of sp³-hybridized carbons (Fsp3) is 0.200. The zero-order valence-corrected chi connectivity index (χ0v) is 8.05. The van der Waals surface area contributed by atoms with Crippen LogP contribution in [0.3, 0.4) is 0 Å². The molecule has 0 fully saturated rings. The van der Waals surface area contributed by atoms with Crippen LogP contribution >= 0.6 is 0 Å². The molecule has 1 aromatic heterocycles. The first kappa shape index (κ1) is 11.0. The van der Waals surface area contributed by atoms with Gasteiger partial charge < -0.3 is 14.4 Å². The summed E-state index contributed by atoms with van der Waals surface area (Å²) in [6.07, 6.45) is 2.91. The molecule has 0 aliphatic carbocycles. The van der Waals surface area contributed by atoms with Gasteiger partial charge in [-0.3, -0.25) is 9.59 Å². The Morgan fingerprint density at radius 1 is 1.67 bits per heavy atom. The second kappa shape index (κ2) is 4.99. The Kier molecular flexibility index (Phi) is 3.68. The summed E-state index contributed by atoms with van der Waals surface area (Å²) in [4.78, 5) is 22.0. The van der Waals surface area contributed by atoms with E-state index in [1.165, 1.54) is 18.3 Å². The SMILES string of the molecule is C=CCOc1cccn(CC(=O)O)c1=O. The third-order valence-corrected chi connectivity index (χ3v) is 1.65. The highest BCUT2D eigenvalue weighted by atomic mass is 16.5. The molecular formula is C10H11NO4. The molecule has 1 rings (SSSR count). The molecule has 0 radical (unpaired) electrons. The van der Waals surface area contributed by atoms with E-state index in [4.69, 9.17) is 9.84 Å². The Balaban J connectivity index is 2.95. The summed E-state index contributed by atoms with van der Waals surface area (Å²) in [5.41, 5.74) is -0.457. The van der Waals surface area contributed by atoms with E-state index in [0.29, 0.717) is 0 Å². The summed E-state index contributed by atoms with van der Waals surface area (Å²) in [5, 5.41) is 8.54. The van der Waals surface area contributed by atoms with Gasteiger partial charge in [0.2, 0.25) is 0 Å². The molecule has 0 unspecified atom stereocenters. The van der Waals surface area contributed by atoms with Crippen molar-refractivity contribution in [1.82, 2.24) is 4.57 Å². The first-order valence-corrected chi connectivity index (χ1v) is 4.30. The van der Waals surface area contributed by atoms with E-state index in [0.717, 1.165) is 4.57 Å². The molecular weight excluding hydrogens is 198 g/mol. The quantitative estimate of drug-likeness (QED) is 0.717. The van der Waals surface area contributed by atoms with Crippen LogP contribution in [-0.4, -0.2) is 22.2 Å². The Hall–Kier alpha value is -2.04. The van der Waals surface area contributed by atoms with E-state index in [9.17, 15) is 9.59 Å².